The first-order valence-electron chi connectivity index (χ1n) is 8.82. The normalized spacial score (nSPS) is 26.5. The quantitative estimate of drug-likeness (QED) is 0.455. The molecule has 1 amide bonds. The molecule has 0 bridgehead atoms. The third kappa shape index (κ3) is 6.66. The van der Waals surface area contributed by atoms with E-state index in [0.29, 0.717) is 5.56 Å². The zero-order valence-corrected chi connectivity index (χ0v) is 18.0. The molecule has 5 atom stereocenters. The summed E-state index contributed by atoms with van der Waals surface area (Å²) in [5, 5.41) is 2.64. The van der Waals surface area contributed by atoms with Crippen molar-refractivity contribution in [1.29, 1.82) is 0 Å². The summed E-state index contributed by atoms with van der Waals surface area (Å²) in [6, 6.07) is 7.06. The molecule has 1 aromatic carbocycles. The fraction of sp³-hybridized carbons (Fsp3) is 0.500. The molecule has 1 fully saturated rings. The lowest BCUT2D eigenvalue weighted by Crippen LogP contribution is -2.66. The first kappa shape index (κ1) is 24.1. The number of carbonyl (C=O) groups excluding carboxylic acids is 3. The van der Waals surface area contributed by atoms with Gasteiger partial charge in [0.15, 0.2) is 18.5 Å². The number of ether oxygens (including phenoxy) is 4. The van der Waals surface area contributed by atoms with Crippen LogP contribution >= 0.6 is 10.7 Å². The van der Waals surface area contributed by atoms with E-state index >= 15 is 0 Å². The van der Waals surface area contributed by atoms with Crippen LogP contribution in [0.3, 0.4) is 0 Å². The van der Waals surface area contributed by atoms with Gasteiger partial charge in [-0.1, -0.05) is 18.2 Å². The maximum atomic E-state index is 12.7. The van der Waals surface area contributed by atoms with Gasteiger partial charge in [-0.2, -0.15) is 0 Å². The van der Waals surface area contributed by atoms with E-state index in [1.807, 2.05) is 0 Å². The van der Waals surface area contributed by atoms with Crippen molar-refractivity contribution < 1.29 is 41.7 Å². The molecule has 0 spiro atoms. The molecule has 0 unspecified atom stereocenters. The molecule has 1 N–H and O–H groups in total. The van der Waals surface area contributed by atoms with Crippen LogP contribution in [0.25, 0.3) is 0 Å². The number of amides is 1. The lowest BCUT2D eigenvalue weighted by atomic mass is 9.96. The molecule has 0 radical (unpaired) electrons. The van der Waals surface area contributed by atoms with Crippen LogP contribution in [0.1, 0.15) is 24.2 Å². The maximum Gasteiger partial charge on any atom is 0.303 e. The van der Waals surface area contributed by atoms with Crippen LogP contribution in [0.2, 0.25) is 0 Å². The monoisotopic (exact) mass is 463 g/mol. The highest BCUT2D eigenvalue weighted by atomic mass is 35.7. The van der Waals surface area contributed by atoms with E-state index in [-0.39, 0.29) is 0 Å². The average molecular weight is 464 g/mol. The second kappa shape index (κ2) is 10.2. The van der Waals surface area contributed by atoms with E-state index in [9.17, 15) is 22.8 Å². The van der Waals surface area contributed by atoms with Crippen molar-refractivity contribution in [3.63, 3.8) is 0 Å². The number of hydrogen-bond donors (Lipinski definition) is 1. The SMILES string of the molecule is CO[C@H]1O[C@H](CS(=O)(=O)Cl)[C@@H](OC(C)=O)[C@H](OC(C)=O)[C@H]1NC(=O)c1ccccc1. The molecule has 166 valence electrons. The van der Waals surface area contributed by atoms with Crippen LogP contribution in [0, 0.1) is 0 Å². The topological polar surface area (TPSA) is 134 Å². The second-order valence-electron chi connectivity index (χ2n) is 6.50. The summed E-state index contributed by atoms with van der Waals surface area (Å²) in [6.45, 7) is 2.21. The minimum Gasteiger partial charge on any atom is -0.456 e. The van der Waals surface area contributed by atoms with Gasteiger partial charge in [-0.15, -0.1) is 0 Å². The molecule has 1 aliphatic rings. The number of methoxy groups -OCH3 is 1. The number of nitrogens with one attached hydrogen (secondary N) is 1. The Balaban J connectivity index is 2.42. The number of carbonyl (C=O) groups is 3. The fourth-order valence-corrected chi connectivity index (χ4v) is 4.11. The number of esters is 2. The third-order valence-corrected chi connectivity index (χ3v) is 5.28. The molecule has 0 saturated carbocycles. The van der Waals surface area contributed by atoms with Crippen LogP contribution in [0.5, 0.6) is 0 Å². The molecule has 30 heavy (non-hydrogen) atoms. The van der Waals surface area contributed by atoms with E-state index in [1.54, 1.807) is 30.3 Å². The zero-order chi connectivity index (χ0) is 22.5. The Kier molecular flexibility index (Phi) is 8.18. The molecule has 1 heterocycles. The predicted molar refractivity (Wildman–Crippen MR) is 104 cm³/mol. The first-order chi connectivity index (χ1) is 14.0. The summed E-state index contributed by atoms with van der Waals surface area (Å²) in [5.41, 5.74) is 0.309. The summed E-state index contributed by atoms with van der Waals surface area (Å²) in [5.74, 6) is -2.81. The Morgan fingerprint density at radius 1 is 1.07 bits per heavy atom. The van der Waals surface area contributed by atoms with Crippen molar-refractivity contribution in [3.05, 3.63) is 35.9 Å². The van der Waals surface area contributed by atoms with E-state index in [0.717, 1.165) is 13.8 Å². The lowest BCUT2D eigenvalue weighted by molar-refractivity contribution is -0.259. The van der Waals surface area contributed by atoms with Gasteiger partial charge >= 0.3 is 11.9 Å². The fourth-order valence-electron chi connectivity index (χ4n) is 3.08. The largest absolute Gasteiger partial charge is 0.456 e. The van der Waals surface area contributed by atoms with E-state index in [2.05, 4.69) is 5.32 Å². The van der Waals surface area contributed by atoms with Crippen LogP contribution in [-0.2, 0) is 37.6 Å². The van der Waals surface area contributed by atoms with E-state index in [1.165, 1.54) is 7.11 Å². The Bertz CT molecular complexity index is 877. The molecule has 0 aromatic heterocycles. The second-order valence-corrected chi connectivity index (χ2v) is 9.32. The van der Waals surface area contributed by atoms with Gasteiger partial charge in [0, 0.05) is 37.2 Å². The standard InChI is InChI=1S/C18H22ClNO9S/c1-10(21)27-15-13(9-30(19,24)25)29-18(26-3)14(16(15)28-11(2)22)20-17(23)12-7-5-4-6-8-12/h4-8,13-16,18H,9H2,1-3H3,(H,20,23)/t13-,14-,15-,16-,18+/m1/s1. The maximum absolute atomic E-state index is 12.7. The number of hydrogen-bond acceptors (Lipinski definition) is 9. The van der Waals surface area contributed by atoms with Gasteiger partial charge in [0.2, 0.25) is 9.05 Å². The van der Waals surface area contributed by atoms with Crippen molar-refractivity contribution in [2.75, 3.05) is 12.9 Å². The highest BCUT2D eigenvalue weighted by Crippen LogP contribution is 2.28. The summed E-state index contributed by atoms with van der Waals surface area (Å²) < 4.78 is 44.6. The molecule has 1 saturated heterocycles. The summed E-state index contributed by atoms with van der Waals surface area (Å²) in [6.07, 6.45) is -5.21. The molecule has 2 rings (SSSR count). The van der Waals surface area contributed by atoms with Crippen LogP contribution in [0.4, 0.5) is 0 Å². The van der Waals surface area contributed by atoms with Crippen molar-refractivity contribution in [2.24, 2.45) is 0 Å². The highest BCUT2D eigenvalue weighted by Gasteiger charge is 2.51. The van der Waals surface area contributed by atoms with E-state index in [4.69, 9.17) is 29.6 Å². The Morgan fingerprint density at radius 2 is 1.63 bits per heavy atom. The Labute approximate surface area is 178 Å². The zero-order valence-electron chi connectivity index (χ0n) is 16.4. The van der Waals surface area contributed by atoms with Crippen molar-refractivity contribution in [1.82, 2.24) is 5.32 Å². The van der Waals surface area contributed by atoms with Gasteiger partial charge in [-0.25, -0.2) is 8.42 Å². The van der Waals surface area contributed by atoms with Crippen molar-refractivity contribution >= 4 is 37.6 Å². The van der Waals surface area contributed by atoms with Crippen molar-refractivity contribution in [2.45, 2.75) is 44.5 Å². The molecule has 1 aromatic rings. The number of halogens is 1. The molecular weight excluding hydrogens is 442 g/mol. The molecule has 10 nitrogen and oxygen atoms in total. The van der Waals surface area contributed by atoms with Gasteiger partial charge in [0.05, 0.1) is 5.75 Å². The number of rotatable bonds is 7. The van der Waals surface area contributed by atoms with Crippen molar-refractivity contribution in [3.8, 4) is 0 Å². The smallest absolute Gasteiger partial charge is 0.303 e. The van der Waals surface area contributed by atoms with Gasteiger partial charge in [0.25, 0.3) is 5.91 Å². The van der Waals surface area contributed by atoms with Crippen LogP contribution in [0.15, 0.2) is 30.3 Å². The first-order valence-corrected chi connectivity index (χ1v) is 11.3. The predicted octanol–water partition coefficient (Wildman–Crippen LogP) is 0.588. The van der Waals surface area contributed by atoms with E-state index < -0.39 is 63.3 Å². The summed E-state index contributed by atoms with van der Waals surface area (Å²) in [7, 11) is 2.52. The third-order valence-electron chi connectivity index (χ3n) is 4.18. The summed E-state index contributed by atoms with van der Waals surface area (Å²) >= 11 is 0. The van der Waals surface area contributed by atoms with Crippen LogP contribution in [-0.4, -0.2) is 69.8 Å². The summed E-state index contributed by atoms with van der Waals surface area (Å²) in [4.78, 5) is 36.0. The highest BCUT2D eigenvalue weighted by molar-refractivity contribution is 8.13. The van der Waals surface area contributed by atoms with Gasteiger partial charge in [0.1, 0.15) is 12.1 Å². The minimum atomic E-state index is -4.09. The number of benzene rings is 1. The van der Waals surface area contributed by atoms with Gasteiger partial charge < -0.3 is 24.3 Å². The molecule has 12 heteroatoms. The Hall–Kier alpha value is -2.21. The lowest BCUT2D eigenvalue weighted by Gasteiger charge is -2.44. The van der Waals surface area contributed by atoms with Crippen LogP contribution < -0.4 is 5.32 Å². The molecule has 1 aliphatic heterocycles. The molecule has 0 aliphatic carbocycles. The molecular formula is C18H22ClNO9S. The minimum absolute atomic E-state index is 0.309. The average Bonchev–Trinajstić information content (AvgIpc) is 2.65. The van der Waals surface area contributed by atoms with Gasteiger partial charge in [-0.05, 0) is 12.1 Å². The van der Waals surface area contributed by atoms with Gasteiger partial charge in [-0.3, -0.25) is 14.4 Å². The Morgan fingerprint density at radius 3 is 2.13 bits per heavy atom.